The van der Waals surface area contributed by atoms with Gasteiger partial charge in [-0.15, -0.1) is 0 Å². The number of carbonyl (C=O) groups is 2. The van der Waals surface area contributed by atoms with Gasteiger partial charge in [-0.05, 0) is 61.6 Å². The maximum absolute atomic E-state index is 13.6. The van der Waals surface area contributed by atoms with E-state index >= 15 is 0 Å². The van der Waals surface area contributed by atoms with E-state index in [1.165, 1.54) is 4.90 Å². The second-order valence-electron chi connectivity index (χ2n) is 7.62. The minimum absolute atomic E-state index is 0.295. The number of amides is 2. The van der Waals surface area contributed by atoms with E-state index in [0.717, 1.165) is 37.9 Å². The van der Waals surface area contributed by atoms with Gasteiger partial charge in [0, 0.05) is 13.1 Å². The molecule has 6 nitrogen and oxygen atoms in total. The van der Waals surface area contributed by atoms with Crippen LogP contribution in [0.2, 0.25) is 0 Å². The molecule has 0 atom stereocenters. The van der Waals surface area contributed by atoms with E-state index in [0.29, 0.717) is 34.0 Å². The van der Waals surface area contributed by atoms with E-state index in [4.69, 9.17) is 9.47 Å². The normalized spacial score (nSPS) is 17.0. The van der Waals surface area contributed by atoms with Crippen molar-refractivity contribution in [2.24, 2.45) is 0 Å². The molecular formula is C24H26N2O4. The zero-order chi connectivity index (χ0) is 21.3. The number of nitrogens with zero attached hydrogens (tertiary/aromatic N) is 2. The van der Waals surface area contributed by atoms with Crippen LogP contribution in [0, 0.1) is 6.92 Å². The van der Waals surface area contributed by atoms with Gasteiger partial charge in [0.2, 0.25) is 0 Å². The number of carbonyl (C=O) groups excluding carboxylic acids is 2. The highest BCUT2D eigenvalue weighted by Crippen LogP contribution is 2.39. The molecule has 2 aromatic rings. The van der Waals surface area contributed by atoms with Crippen LogP contribution < -0.4 is 14.4 Å². The molecule has 2 aromatic carbocycles. The molecule has 30 heavy (non-hydrogen) atoms. The van der Waals surface area contributed by atoms with E-state index in [1.54, 1.807) is 20.3 Å². The molecule has 4 rings (SSSR count). The first-order chi connectivity index (χ1) is 14.5. The average molecular weight is 406 g/mol. The van der Waals surface area contributed by atoms with Crippen molar-refractivity contribution >= 4 is 23.1 Å². The second kappa shape index (κ2) is 8.22. The Bertz CT molecular complexity index is 1000. The van der Waals surface area contributed by atoms with Crippen molar-refractivity contribution in [2.75, 3.05) is 32.2 Å². The summed E-state index contributed by atoms with van der Waals surface area (Å²) in [4.78, 5) is 30.6. The quantitative estimate of drug-likeness (QED) is 0.708. The molecule has 2 amide bonds. The molecule has 1 saturated heterocycles. The lowest BCUT2D eigenvalue weighted by atomic mass is 10.0. The number of rotatable bonds is 5. The standard InChI is InChI=1S/C24H26N2O4/c1-16-7-12-20(30-3)19(15-16)26-23(27)21(17-8-10-18(29-2)11-9-17)22(24(26)28)25-13-5-4-6-14-25/h7-12,15H,4-6,13-14H2,1-3H3. The van der Waals surface area contributed by atoms with Gasteiger partial charge >= 0.3 is 0 Å². The molecule has 0 aliphatic carbocycles. The minimum atomic E-state index is -0.324. The van der Waals surface area contributed by atoms with E-state index in [2.05, 4.69) is 4.90 Å². The van der Waals surface area contributed by atoms with Gasteiger partial charge in [0.05, 0.1) is 25.5 Å². The van der Waals surface area contributed by atoms with Crippen molar-refractivity contribution in [1.82, 2.24) is 4.90 Å². The van der Waals surface area contributed by atoms with Gasteiger partial charge < -0.3 is 14.4 Å². The van der Waals surface area contributed by atoms with Crippen LogP contribution >= 0.6 is 0 Å². The van der Waals surface area contributed by atoms with Crippen LogP contribution in [0.4, 0.5) is 5.69 Å². The molecule has 0 aromatic heterocycles. The molecular weight excluding hydrogens is 380 g/mol. The number of hydrogen-bond acceptors (Lipinski definition) is 5. The predicted octanol–water partition coefficient (Wildman–Crippen LogP) is 3.78. The fraction of sp³-hybridized carbons (Fsp3) is 0.333. The van der Waals surface area contributed by atoms with E-state index in [1.807, 2.05) is 43.3 Å². The molecule has 156 valence electrons. The minimum Gasteiger partial charge on any atom is -0.497 e. The van der Waals surface area contributed by atoms with Crippen LogP contribution in [-0.4, -0.2) is 44.0 Å². The smallest absolute Gasteiger partial charge is 0.282 e. The van der Waals surface area contributed by atoms with Gasteiger partial charge in [0.15, 0.2) is 0 Å². The third kappa shape index (κ3) is 3.43. The summed E-state index contributed by atoms with van der Waals surface area (Å²) >= 11 is 0. The predicted molar refractivity (Wildman–Crippen MR) is 116 cm³/mol. The lowest BCUT2D eigenvalue weighted by molar-refractivity contribution is -0.120. The Morgan fingerprint density at radius 2 is 1.53 bits per heavy atom. The van der Waals surface area contributed by atoms with Gasteiger partial charge in [0.25, 0.3) is 11.8 Å². The number of hydrogen-bond donors (Lipinski definition) is 0. The molecule has 2 aliphatic rings. The molecule has 0 saturated carbocycles. The lowest BCUT2D eigenvalue weighted by Gasteiger charge is -2.29. The van der Waals surface area contributed by atoms with Crippen molar-refractivity contribution in [3.05, 3.63) is 59.3 Å². The number of anilines is 1. The summed E-state index contributed by atoms with van der Waals surface area (Å²) in [6.07, 6.45) is 3.16. The van der Waals surface area contributed by atoms with Gasteiger partial charge in [-0.25, -0.2) is 4.90 Å². The third-order valence-corrected chi connectivity index (χ3v) is 5.69. The monoisotopic (exact) mass is 406 g/mol. The molecule has 2 aliphatic heterocycles. The first-order valence-electron chi connectivity index (χ1n) is 10.2. The summed E-state index contributed by atoms with van der Waals surface area (Å²) in [5.41, 5.74) is 3.06. The summed E-state index contributed by atoms with van der Waals surface area (Å²) in [6, 6.07) is 12.8. The van der Waals surface area contributed by atoms with Crippen LogP contribution in [0.3, 0.4) is 0 Å². The molecule has 6 heteroatoms. The number of piperidine rings is 1. The summed E-state index contributed by atoms with van der Waals surface area (Å²) in [5.74, 6) is 0.579. The second-order valence-corrected chi connectivity index (χ2v) is 7.62. The van der Waals surface area contributed by atoms with Crippen LogP contribution in [0.25, 0.3) is 5.57 Å². The number of benzene rings is 2. The Hall–Kier alpha value is -3.28. The Kier molecular flexibility index (Phi) is 5.48. The largest absolute Gasteiger partial charge is 0.497 e. The number of ether oxygens (including phenoxy) is 2. The fourth-order valence-electron chi connectivity index (χ4n) is 4.14. The highest BCUT2D eigenvalue weighted by molar-refractivity contribution is 6.45. The zero-order valence-electron chi connectivity index (χ0n) is 17.6. The van der Waals surface area contributed by atoms with Crippen molar-refractivity contribution in [2.45, 2.75) is 26.2 Å². The first kappa shape index (κ1) is 20.0. The SMILES string of the molecule is COc1ccc(C2=C(N3CCCCC3)C(=O)N(c3cc(C)ccc3OC)C2=O)cc1. The van der Waals surface area contributed by atoms with Crippen molar-refractivity contribution in [3.8, 4) is 11.5 Å². The lowest BCUT2D eigenvalue weighted by Crippen LogP contribution is -2.37. The fourth-order valence-corrected chi connectivity index (χ4v) is 4.14. The maximum Gasteiger partial charge on any atom is 0.282 e. The number of aryl methyl sites for hydroxylation is 1. The van der Waals surface area contributed by atoms with E-state index in [-0.39, 0.29) is 11.8 Å². The third-order valence-electron chi connectivity index (χ3n) is 5.69. The molecule has 1 fully saturated rings. The van der Waals surface area contributed by atoms with Crippen LogP contribution in [0.1, 0.15) is 30.4 Å². The van der Waals surface area contributed by atoms with Gasteiger partial charge in [0.1, 0.15) is 17.2 Å². The Balaban J connectivity index is 1.84. The molecule has 0 spiro atoms. The Morgan fingerprint density at radius 3 is 2.17 bits per heavy atom. The molecule has 0 unspecified atom stereocenters. The molecule has 0 bridgehead atoms. The van der Waals surface area contributed by atoms with Crippen LogP contribution in [0.15, 0.2) is 48.2 Å². The number of likely N-dealkylation sites (tertiary alicyclic amines) is 1. The Morgan fingerprint density at radius 1 is 0.833 bits per heavy atom. The number of imide groups is 1. The van der Waals surface area contributed by atoms with Gasteiger partial charge in [-0.2, -0.15) is 0 Å². The van der Waals surface area contributed by atoms with E-state index < -0.39 is 0 Å². The van der Waals surface area contributed by atoms with E-state index in [9.17, 15) is 9.59 Å². The molecule has 0 N–H and O–H groups in total. The maximum atomic E-state index is 13.6. The molecule has 0 radical (unpaired) electrons. The topological polar surface area (TPSA) is 59.1 Å². The average Bonchev–Trinajstić information content (AvgIpc) is 3.04. The van der Waals surface area contributed by atoms with Crippen molar-refractivity contribution in [3.63, 3.8) is 0 Å². The molecule has 2 heterocycles. The van der Waals surface area contributed by atoms with Crippen LogP contribution in [0.5, 0.6) is 11.5 Å². The first-order valence-corrected chi connectivity index (χ1v) is 10.2. The summed E-state index contributed by atoms with van der Waals surface area (Å²) in [5, 5.41) is 0. The summed E-state index contributed by atoms with van der Waals surface area (Å²) < 4.78 is 10.7. The summed E-state index contributed by atoms with van der Waals surface area (Å²) in [6.45, 7) is 3.47. The van der Waals surface area contributed by atoms with Crippen molar-refractivity contribution in [1.29, 1.82) is 0 Å². The van der Waals surface area contributed by atoms with Crippen molar-refractivity contribution < 1.29 is 19.1 Å². The highest BCUT2D eigenvalue weighted by Gasteiger charge is 2.43. The number of methoxy groups -OCH3 is 2. The highest BCUT2D eigenvalue weighted by atomic mass is 16.5. The Labute approximate surface area is 176 Å². The van der Waals surface area contributed by atoms with Gasteiger partial charge in [-0.1, -0.05) is 18.2 Å². The van der Waals surface area contributed by atoms with Gasteiger partial charge in [-0.3, -0.25) is 9.59 Å². The summed E-state index contributed by atoms with van der Waals surface area (Å²) in [7, 11) is 3.14. The zero-order valence-corrected chi connectivity index (χ0v) is 17.6. The van der Waals surface area contributed by atoms with Crippen LogP contribution in [-0.2, 0) is 9.59 Å².